The number of rotatable bonds is 11. The summed E-state index contributed by atoms with van der Waals surface area (Å²) in [7, 11) is 0. The second kappa shape index (κ2) is 10.8. The molecule has 0 fully saturated rings. The second-order valence-electron chi connectivity index (χ2n) is 6.97. The molecule has 2 aromatic rings. The molecule has 0 aliphatic carbocycles. The average molecular weight is 444 g/mol. The number of oxime groups is 1. The maximum Gasteiger partial charge on any atom is 0.409 e. The van der Waals surface area contributed by atoms with E-state index in [1.165, 1.54) is 6.21 Å². The van der Waals surface area contributed by atoms with Gasteiger partial charge in [0.15, 0.2) is 5.95 Å². The van der Waals surface area contributed by atoms with Crippen LogP contribution in [0.15, 0.2) is 47.9 Å². The number of imidazole rings is 1. The number of carbonyl (C=O) groups excluding carboxylic acids is 2. The molecule has 1 aromatic heterocycles. The smallest absolute Gasteiger partial charge is 0.409 e. The zero-order chi connectivity index (χ0) is 22.8. The molecule has 2 atom stereocenters. The molecular formula is C20H24N6O6. The van der Waals surface area contributed by atoms with Crippen molar-refractivity contribution in [2.45, 2.75) is 37.6 Å². The van der Waals surface area contributed by atoms with Gasteiger partial charge in [0.05, 0.1) is 0 Å². The number of aliphatic carboxylic acids is 1. The van der Waals surface area contributed by atoms with Crippen molar-refractivity contribution in [2.75, 3.05) is 11.9 Å². The predicted molar refractivity (Wildman–Crippen MR) is 113 cm³/mol. The number of aromatic nitrogens is 2. The Bertz CT molecular complexity index is 927. The molecule has 170 valence electrons. The number of aromatic amines is 1. The average Bonchev–Trinajstić information content (AvgIpc) is 3.50. The van der Waals surface area contributed by atoms with Crippen LogP contribution in [0, 0.1) is 0 Å². The topological polar surface area (TPSA) is 167 Å². The third kappa shape index (κ3) is 6.20. The summed E-state index contributed by atoms with van der Waals surface area (Å²) in [6.07, 6.45) is 2.98. The normalized spacial score (nSPS) is 16.4. The number of nitrogens with zero attached hydrogens (tertiary/aromatic N) is 2. The van der Waals surface area contributed by atoms with E-state index in [-0.39, 0.29) is 25.9 Å². The van der Waals surface area contributed by atoms with Gasteiger partial charge in [0, 0.05) is 38.0 Å². The molecule has 1 aliphatic rings. The van der Waals surface area contributed by atoms with Gasteiger partial charge < -0.3 is 30.3 Å². The molecule has 3 rings (SSSR count). The zero-order valence-corrected chi connectivity index (χ0v) is 17.1. The lowest BCUT2D eigenvalue weighted by Crippen LogP contribution is -2.67. The van der Waals surface area contributed by atoms with E-state index >= 15 is 0 Å². The van der Waals surface area contributed by atoms with E-state index in [9.17, 15) is 19.5 Å². The number of benzene rings is 1. The number of nitrogens with one attached hydrogen (secondary N) is 4. The highest BCUT2D eigenvalue weighted by Gasteiger charge is 2.43. The molecule has 1 aromatic carbocycles. The standard InChI is InChI=1S/C20H24N6O6/c27-16(15-7-10-24-32-15)25-20(17(28)29,8-4-9-21-18-22-11-12-23-18)26-19(30)31-13-14-5-2-1-3-6-14/h1-3,5-6,10-12,15H,4,7-9,13H2,(H,25,27)(H,26,30)(H,28,29)(H2,21,22,23). The number of carboxylic acid groups (broad SMARTS) is 1. The van der Waals surface area contributed by atoms with Crippen LogP contribution in [0.25, 0.3) is 0 Å². The minimum Gasteiger partial charge on any atom is -0.478 e. The van der Waals surface area contributed by atoms with E-state index < -0.39 is 29.7 Å². The summed E-state index contributed by atoms with van der Waals surface area (Å²) in [4.78, 5) is 49.0. The fourth-order valence-electron chi connectivity index (χ4n) is 2.97. The first kappa shape index (κ1) is 22.6. The highest BCUT2D eigenvalue weighted by molar-refractivity contribution is 5.92. The predicted octanol–water partition coefficient (Wildman–Crippen LogP) is 1.20. The van der Waals surface area contributed by atoms with Crippen molar-refractivity contribution in [3.05, 3.63) is 48.3 Å². The number of amides is 2. The number of ether oxygens (including phenoxy) is 1. The number of carbonyl (C=O) groups is 3. The summed E-state index contributed by atoms with van der Waals surface area (Å²) >= 11 is 0. The van der Waals surface area contributed by atoms with Crippen molar-refractivity contribution in [3.63, 3.8) is 0 Å². The van der Waals surface area contributed by atoms with Crippen LogP contribution in [0.1, 0.15) is 24.8 Å². The van der Waals surface area contributed by atoms with Gasteiger partial charge in [-0.3, -0.25) is 10.1 Å². The van der Waals surface area contributed by atoms with Crippen molar-refractivity contribution in [1.29, 1.82) is 0 Å². The number of carboxylic acids is 1. The molecule has 0 saturated carbocycles. The number of hydrogen-bond donors (Lipinski definition) is 5. The van der Waals surface area contributed by atoms with Crippen LogP contribution < -0.4 is 16.0 Å². The maximum absolute atomic E-state index is 12.5. The Hall–Kier alpha value is -4.09. The van der Waals surface area contributed by atoms with Crippen LogP contribution in [-0.2, 0) is 25.8 Å². The SMILES string of the molecule is O=C(NC(CCCNc1ncc[nH]1)(NC(=O)C1CC=NO1)C(=O)O)OCc1ccccc1. The summed E-state index contributed by atoms with van der Waals surface area (Å²) in [6, 6.07) is 8.91. The van der Waals surface area contributed by atoms with Crippen LogP contribution in [-0.4, -0.2) is 57.6 Å². The Balaban J connectivity index is 1.65. The van der Waals surface area contributed by atoms with Gasteiger partial charge in [0.25, 0.3) is 5.91 Å². The van der Waals surface area contributed by atoms with Crippen LogP contribution in [0.5, 0.6) is 0 Å². The number of anilines is 1. The van der Waals surface area contributed by atoms with Crippen molar-refractivity contribution in [3.8, 4) is 0 Å². The monoisotopic (exact) mass is 444 g/mol. The van der Waals surface area contributed by atoms with E-state index in [4.69, 9.17) is 9.57 Å². The highest BCUT2D eigenvalue weighted by atomic mass is 16.6. The van der Waals surface area contributed by atoms with Crippen molar-refractivity contribution in [2.24, 2.45) is 5.16 Å². The van der Waals surface area contributed by atoms with Gasteiger partial charge >= 0.3 is 12.1 Å². The lowest BCUT2D eigenvalue weighted by atomic mass is 10.0. The summed E-state index contributed by atoms with van der Waals surface area (Å²) in [6.45, 7) is 0.276. The van der Waals surface area contributed by atoms with E-state index in [1.54, 1.807) is 36.7 Å². The molecule has 5 N–H and O–H groups in total. The fourth-order valence-corrected chi connectivity index (χ4v) is 2.97. The lowest BCUT2D eigenvalue weighted by molar-refractivity contribution is -0.151. The molecule has 0 saturated heterocycles. The van der Waals surface area contributed by atoms with Crippen molar-refractivity contribution in [1.82, 2.24) is 20.6 Å². The van der Waals surface area contributed by atoms with E-state index in [2.05, 4.69) is 31.1 Å². The third-order valence-electron chi connectivity index (χ3n) is 4.62. The van der Waals surface area contributed by atoms with Crippen LogP contribution in [0.3, 0.4) is 0 Å². The van der Waals surface area contributed by atoms with Gasteiger partial charge in [-0.1, -0.05) is 35.5 Å². The summed E-state index contributed by atoms with van der Waals surface area (Å²) in [5, 5.41) is 21.1. The van der Waals surface area contributed by atoms with E-state index in [0.29, 0.717) is 12.5 Å². The van der Waals surface area contributed by atoms with Crippen molar-refractivity contribution < 1.29 is 29.1 Å². The number of hydrogen-bond acceptors (Lipinski definition) is 8. The number of alkyl carbamates (subject to hydrolysis) is 1. The third-order valence-corrected chi connectivity index (χ3v) is 4.62. The molecular weight excluding hydrogens is 420 g/mol. The molecule has 1 aliphatic heterocycles. The van der Waals surface area contributed by atoms with Crippen LogP contribution >= 0.6 is 0 Å². The Labute approximate surface area is 183 Å². The second-order valence-corrected chi connectivity index (χ2v) is 6.97. The molecule has 0 bridgehead atoms. The van der Waals surface area contributed by atoms with E-state index in [1.807, 2.05) is 6.07 Å². The molecule has 0 spiro atoms. The fraction of sp³-hybridized carbons (Fsp3) is 0.350. The van der Waals surface area contributed by atoms with E-state index in [0.717, 1.165) is 5.56 Å². The van der Waals surface area contributed by atoms with Gasteiger partial charge in [0.1, 0.15) is 6.61 Å². The Morgan fingerprint density at radius 2 is 2.06 bits per heavy atom. The lowest BCUT2D eigenvalue weighted by Gasteiger charge is -2.31. The van der Waals surface area contributed by atoms with Gasteiger partial charge in [-0.2, -0.15) is 0 Å². The summed E-state index contributed by atoms with van der Waals surface area (Å²) in [5.74, 6) is -1.65. The summed E-state index contributed by atoms with van der Waals surface area (Å²) < 4.78 is 5.15. The first-order valence-electron chi connectivity index (χ1n) is 9.94. The largest absolute Gasteiger partial charge is 0.478 e. The molecule has 12 nitrogen and oxygen atoms in total. The zero-order valence-electron chi connectivity index (χ0n) is 17.1. The Kier molecular flexibility index (Phi) is 7.62. The Morgan fingerprint density at radius 1 is 1.25 bits per heavy atom. The van der Waals surface area contributed by atoms with Crippen LogP contribution in [0.2, 0.25) is 0 Å². The van der Waals surface area contributed by atoms with Gasteiger partial charge in [0.2, 0.25) is 11.8 Å². The molecule has 2 unspecified atom stereocenters. The Morgan fingerprint density at radius 3 is 2.72 bits per heavy atom. The first-order valence-corrected chi connectivity index (χ1v) is 9.94. The number of H-pyrrole nitrogens is 1. The van der Waals surface area contributed by atoms with Gasteiger partial charge in [-0.05, 0) is 12.0 Å². The molecule has 32 heavy (non-hydrogen) atoms. The van der Waals surface area contributed by atoms with Gasteiger partial charge in [-0.15, -0.1) is 0 Å². The quantitative estimate of drug-likeness (QED) is 0.254. The molecule has 2 heterocycles. The van der Waals surface area contributed by atoms with Crippen LogP contribution in [0.4, 0.5) is 10.7 Å². The van der Waals surface area contributed by atoms with Gasteiger partial charge in [-0.25, -0.2) is 14.6 Å². The summed E-state index contributed by atoms with van der Waals surface area (Å²) in [5.41, 5.74) is -1.38. The molecule has 12 heteroatoms. The maximum atomic E-state index is 12.5. The first-order chi connectivity index (χ1) is 15.5. The van der Waals surface area contributed by atoms with Crippen molar-refractivity contribution >= 4 is 30.1 Å². The minimum atomic E-state index is -2.11. The minimum absolute atomic E-state index is 0.0596. The molecule has 2 amide bonds. The highest BCUT2D eigenvalue weighted by Crippen LogP contribution is 2.15. The molecule has 0 radical (unpaired) electrons.